The van der Waals surface area contributed by atoms with Crippen LogP contribution in [0.4, 0.5) is 0 Å². The van der Waals surface area contributed by atoms with E-state index in [0.717, 1.165) is 63.4 Å². The molecule has 6 atom stereocenters. The summed E-state index contributed by atoms with van der Waals surface area (Å²) < 4.78 is 0. The number of aryl methyl sites for hydroxylation is 1. The SMILES string of the molecule is CCCCC(C)C[C@H](O)C=C[C@H]1[C@H]2CC(CCCCCc3ccccc3C(=O)O)=C[C@H]2C[C@H]1O. The number of carbonyl (C=O) groups is 1. The van der Waals surface area contributed by atoms with Crippen LogP contribution in [0, 0.1) is 23.7 Å². The van der Waals surface area contributed by atoms with Gasteiger partial charge in [-0.2, -0.15) is 0 Å². The van der Waals surface area contributed by atoms with Gasteiger partial charge in [0.05, 0.1) is 17.8 Å². The molecule has 4 nitrogen and oxygen atoms in total. The Kier molecular flexibility index (Phi) is 10.4. The van der Waals surface area contributed by atoms with Crippen molar-refractivity contribution in [3.8, 4) is 0 Å². The van der Waals surface area contributed by atoms with Crippen LogP contribution in [0.2, 0.25) is 0 Å². The molecular formula is C30H44O4. The average molecular weight is 469 g/mol. The van der Waals surface area contributed by atoms with E-state index in [0.29, 0.717) is 23.3 Å². The molecule has 1 aromatic rings. The maximum atomic E-state index is 11.4. The summed E-state index contributed by atoms with van der Waals surface area (Å²) in [6, 6.07) is 7.30. The minimum atomic E-state index is -0.845. The van der Waals surface area contributed by atoms with E-state index >= 15 is 0 Å². The number of unbranched alkanes of at least 4 members (excludes halogenated alkanes) is 3. The van der Waals surface area contributed by atoms with Crippen LogP contribution in [0.1, 0.15) is 94.0 Å². The number of hydrogen-bond donors (Lipinski definition) is 3. The van der Waals surface area contributed by atoms with E-state index in [1.54, 1.807) is 12.1 Å². The molecule has 1 aromatic carbocycles. The van der Waals surface area contributed by atoms with Gasteiger partial charge in [-0.1, -0.05) is 81.5 Å². The molecule has 34 heavy (non-hydrogen) atoms. The predicted molar refractivity (Wildman–Crippen MR) is 138 cm³/mol. The molecule has 3 N–H and O–H groups in total. The van der Waals surface area contributed by atoms with Crippen molar-refractivity contribution in [1.29, 1.82) is 0 Å². The number of aromatic carboxylic acids is 1. The summed E-state index contributed by atoms with van der Waals surface area (Å²) in [7, 11) is 0. The molecule has 0 aromatic heterocycles. The van der Waals surface area contributed by atoms with Gasteiger partial charge in [0, 0.05) is 5.92 Å². The first-order chi connectivity index (χ1) is 16.4. The summed E-state index contributed by atoms with van der Waals surface area (Å²) in [5, 5.41) is 30.4. The number of allylic oxidation sites excluding steroid dienone is 2. The van der Waals surface area contributed by atoms with E-state index in [1.165, 1.54) is 18.4 Å². The van der Waals surface area contributed by atoms with E-state index in [-0.39, 0.29) is 12.0 Å². The highest BCUT2D eigenvalue weighted by molar-refractivity contribution is 5.89. The predicted octanol–water partition coefficient (Wildman–Crippen LogP) is 6.56. The van der Waals surface area contributed by atoms with E-state index in [1.807, 2.05) is 18.2 Å². The summed E-state index contributed by atoms with van der Waals surface area (Å²) in [5.41, 5.74) is 2.86. The van der Waals surface area contributed by atoms with E-state index < -0.39 is 12.1 Å². The van der Waals surface area contributed by atoms with Crippen LogP contribution in [-0.4, -0.2) is 33.5 Å². The Labute approximate surface area is 205 Å². The van der Waals surface area contributed by atoms with Gasteiger partial charge in [-0.25, -0.2) is 4.79 Å². The summed E-state index contributed by atoms with van der Waals surface area (Å²) in [6.45, 7) is 4.41. The van der Waals surface area contributed by atoms with Gasteiger partial charge in [0.15, 0.2) is 0 Å². The van der Waals surface area contributed by atoms with Crippen molar-refractivity contribution in [2.45, 2.75) is 96.7 Å². The zero-order valence-corrected chi connectivity index (χ0v) is 21.0. The summed E-state index contributed by atoms with van der Waals surface area (Å²) in [6.07, 6.45) is 17.1. The first kappa shape index (κ1) is 26.7. The molecule has 0 amide bonds. The fourth-order valence-corrected chi connectivity index (χ4v) is 6.00. The third-order valence-electron chi connectivity index (χ3n) is 7.89. The standard InChI is InChI=1S/C30H44O4/c1-3-4-10-21(2)17-25(31)15-16-27-28-19-22(18-24(28)20-29(27)32)11-6-5-7-12-23-13-8-9-14-26(23)30(33)34/h8-9,13-16,18,21,24-25,27-29,31-32H,3-7,10-12,17,19-20H2,1-2H3,(H,33,34)/t21?,24-,25+,27-,28-,29+/m0/s1. The summed E-state index contributed by atoms with van der Waals surface area (Å²) >= 11 is 0. The van der Waals surface area contributed by atoms with Crippen LogP contribution in [0.5, 0.6) is 0 Å². The Morgan fingerprint density at radius 1 is 1.15 bits per heavy atom. The molecule has 188 valence electrons. The van der Waals surface area contributed by atoms with E-state index in [2.05, 4.69) is 26.0 Å². The number of benzene rings is 1. The van der Waals surface area contributed by atoms with Crippen LogP contribution >= 0.6 is 0 Å². The second kappa shape index (κ2) is 13.3. The lowest BCUT2D eigenvalue weighted by Gasteiger charge is -2.19. The number of carboxylic acids is 1. The first-order valence-electron chi connectivity index (χ1n) is 13.4. The fourth-order valence-electron chi connectivity index (χ4n) is 6.00. The second-order valence-corrected chi connectivity index (χ2v) is 10.7. The molecule has 0 saturated heterocycles. The lowest BCUT2D eigenvalue weighted by atomic mass is 9.88. The zero-order chi connectivity index (χ0) is 24.5. The Bertz CT molecular complexity index is 842. The Morgan fingerprint density at radius 2 is 1.91 bits per heavy atom. The van der Waals surface area contributed by atoms with Gasteiger partial charge < -0.3 is 15.3 Å². The molecular weight excluding hydrogens is 424 g/mol. The minimum absolute atomic E-state index is 0.145. The van der Waals surface area contributed by atoms with Crippen LogP contribution in [-0.2, 0) is 6.42 Å². The minimum Gasteiger partial charge on any atom is -0.478 e. The number of aliphatic hydroxyl groups is 2. The average Bonchev–Trinajstić information content (AvgIpc) is 3.32. The lowest BCUT2D eigenvalue weighted by molar-refractivity contribution is 0.0695. The van der Waals surface area contributed by atoms with Gasteiger partial charge in [0.25, 0.3) is 0 Å². The maximum absolute atomic E-state index is 11.4. The van der Waals surface area contributed by atoms with Crippen molar-refractivity contribution in [3.63, 3.8) is 0 Å². The van der Waals surface area contributed by atoms with Gasteiger partial charge in [0.2, 0.25) is 0 Å². The van der Waals surface area contributed by atoms with Crippen molar-refractivity contribution < 1.29 is 20.1 Å². The number of fused-ring (bicyclic) bond motifs is 1. The number of carboxylic acid groups (broad SMARTS) is 1. The molecule has 2 aliphatic rings. The highest BCUT2D eigenvalue weighted by atomic mass is 16.4. The smallest absolute Gasteiger partial charge is 0.335 e. The summed E-state index contributed by atoms with van der Waals surface area (Å²) in [5.74, 6) is 0.753. The Balaban J connectivity index is 1.40. The number of hydrogen-bond acceptors (Lipinski definition) is 3. The monoisotopic (exact) mass is 468 g/mol. The van der Waals surface area contributed by atoms with Crippen molar-refractivity contribution in [2.75, 3.05) is 0 Å². The van der Waals surface area contributed by atoms with Gasteiger partial charge >= 0.3 is 5.97 Å². The van der Waals surface area contributed by atoms with Gasteiger partial charge in [-0.05, 0) is 74.3 Å². The quantitative estimate of drug-likeness (QED) is 0.213. The van der Waals surface area contributed by atoms with Gasteiger partial charge in [-0.15, -0.1) is 0 Å². The topological polar surface area (TPSA) is 77.8 Å². The van der Waals surface area contributed by atoms with Crippen LogP contribution < -0.4 is 0 Å². The molecule has 0 aliphatic heterocycles. The molecule has 0 radical (unpaired) electrons. The van der Waals surface area contributed by atoms with E-state index in [9.17, 15) is 20.1 Å². The molecule has 1 saturated carbocycles. The molecule has 2 aliphatic carbocycles. The highest BCUT2D eigenvalue weighted by Crippen LogP contribution is 2.48. The Morgan fingerprint density at radius 3 is 2.68 bits per heavy atom. The van der Waals surface area contributed by atoms with Gasteiger partial charge in [-0.3, -0.25) is 0 Å². The molecule has 0 bridgehead atoms. The molecule has 4 heteroatoms. The fraction of sp³-hybridized carbons (Fsp3) is 0.633. The van der Waals surface area contributed by atoms with Crippen LogP contribution in [0.25, 0.3) is 0 Å². The summed E-state index contributed by atoms with van der Waals surface area (Å²) in [4.78, 5) is 11.4. The van der Waals surface area contributed by atoms with Crippen LogP contribution in [0.15, 0.2) is 48.1 Å². The molecule has 0 spiro atoms. The normalized spacial score (nSPS) is 25.9. The van der Waals surface area contributed by atoms with Crippen molar-refractivity contribution in [3.05, 3.63) is 59.2 Å². The van der Waals surface area contributed by atoms with Crippen molar-refractivity contribution in [2.24, 2.45) is 23.7 Å². The number of aliphatic hydroxyl groups excluding tert-OH is 2. The third kappa shape index (κ3) is 7.55. The highest BCUT2D eigenvalue weighted by Gasteiger charge is 2.43. The van der Waals surface area contributed by atoms with Gasteiger partial charge in [0.1, 0.15) is 0 Å². The third-order valence-corrected chi connectivity index (χ3v) is 7.89. The van der Waals surface area contributed by atoms with Crippen LogP contribution in [0.3, 0.4) is 0 Å². The first-order valence-corrected chi connectivity index (χ1v) is 13.4. The largest absolute Gasteiger partial charge is 0.478 e. The molecule has 1 unspecified atom stereocenters. The Hall–Kier alpha value is -1.91. The molecule has 1 fully saturated rings. The lowest BCUT2D eigenvalue weighted by Crippen LogP contribution is -2.18. The maximum Gasteiger partial charge on any atom is 0.335 e. The molecule has 0 heterocycles. The number of rotatable bonds is 14. The van der Waals surface area contributed by atoms with Crippen molar-refractivity contribution in [1.82, 2.24) is 0 Å². The van der Waals surface area contributed by atoms with E-state index in [4.69, 9.17) is 0 Å². The second-order valence-electron chi connectivity index (χ2n) is 10.7. The zero-order valence-electron chi connectivity index (χ0n) is 21.0. The van der Waals surface area contributed by atoms with Crippen molar-refractivity contribution >= 4 is 5.97 Å². The molecule has 3 rings (SSSR count).